The number of hydrogen-bond donors (Lipinski definition) is 2. The van der Waals surface area contributed by atoms with Crippen LogP contribution >= 0.6 is 11.6 Å². The lowest BCUT2D eigenvalue weighted by atomic mass is 10.1. The van der Waals surface area contributed by atoms with E-state index in [0.29, 0.717) is 39.8 Å². The molecule has 7 nitrogen and oxygen atoms in total. The SMILES string of the molecule is Cc1ncc(Cl)cc1NC(=O)c1cc(-c2cccc3c2NC(=O)C3)on1. The van der Waals surface area contributed by atoms with Gasteiger partial charge in [-0.15, -0.1) is 0 Å². The Morgan fingerprint density at radius 3 is 3.04 bits per heavy atom. The van der Waals surface area contributed by atoms with E-state index in [1.54, 1.807) is 19.1 Å². The lowest BCUT2D eigenvalue weighted by Crippen LogP contribution is -2.13. The Morgan fingerprint density at radius 2 is 2.19 bits per heavy atom. The van der Waals surface area contributed by atoms with Crippen molar-refractivity contribution in [3.05, 3.63) is 58.5 Å². The summed E-state index contributed by atoms with van der Waals surface area (Å²) in [4.78, 5) is 28.1. The standard InChI is InChI=1S/C18H13ClN4O3/c1-9-13(6-11(19)8-20-9)21-18(25)14-7-15(26-23-14)12-4-2-3-10-5-16(24)22-17(10)12/h2-4,6-8H,5H2,1H3,(H,21,25)(H,22,24). The smallest absolute Gasteiger partial charge is 0.277 e. The van der Waals surface area contributed by atoms with Crippen molar-refractivity contribution in [1.29, 1.82) is 0 Å². The molecule has 0 saturated heterocycles. The molecule has 2 N–H and O–H groups in total. The van der Waals surface area contributed by atoms with Gasteiger partial charge in [-0.3, -0.25) is 14.6 Å². The second-order valence-corrected chi connectivity index (χ2v) is 6.32. The number of anilines is 2. The number of carbonyl (C=O) groups excluding carboxylic acids is 2. The number of para-hydroxylation sites is 1. The second-order valence-electron chi connectivity index (χ2n) is 5.88. The van der Waals surface area contributed by atoms with Gasteiger partial charge in [-0.25, -0.2) is 0 Å². The quantitative estimate of drug-likeness (QED) is 0.738. The molecule has 0 fully saturated rings. The fraction of sp³-hybridized carbons (Fsp3) is 0.111. The first kappa shape index (κ1) is 16.3. The maximum absolute atomic E-state index is 12.4. The van der Waals surface area contributed by atoms with Crippen LogP contribution in [0.3, 0.4) is 0 Å². The third-order valence-corrected chi connectivity index (χ3v) is 4.28. The zero-order valence-electron chi connectivity index (χ0n) is 13.7. The van der Waals surface area contributed by atoms with Crippen molar-refractivity contribution >= 4 is 34.8 Å². The largest absolute Gasteiger partial charge is 0.355 e. The molecule has 0 atom stereocenters. The number of aryl methyl sites for hydroxylation is 1. The number of carbonyl (C=O) groups is 2. The van der Waals surface area contributed by atoms with Crippen molar-refractivity contribution in [1.82, 2.24) is 10.1 Å². The minimum Gasteiger partial charge on any atom is -0.355 e. The number of aromatic nitrogens is 2. The second kappa shape index (κ2) is 6.27. The fourth-order valence-corrected chi connectivity index (χ4v) is 2.94. The van der Waals surface area contributed by atoms with Gasteiger partial charge in [-0.1, -0.05) is 28.9 Å². The van der Waals surface area contributed by atoms with Gasteiger partial charge in [-0.2, -0.15) is 0 Å². The Labute approximate surface area is 153 Å². The Balaban J connectivity index is 1.61. The Morgan fingerprint density at radius 1 is 1.35 bits per heavy atom. The molecule has 0 bridgehead atoms. The van der Waals surface area contributed by atoms with E-state index < -0.39 is 5.91 Å². The predicted octanol–water partition coefficient (Wildman–Crippen LogP) is 3.45. The summed E-state index contributed by atoms with van der Waals surface area (Å²) in [6.45, 7) is 1.76. The number of pyridine rings is 1. The number of rotatable bonds is 3. The molecule has 0 unspecified atom stereocenters. The normalized spacial score (nSPS) is 12.6. The molecule has 0 radical (unpaired) electrons. The molecule has 0 aliphatic carbocycles. The number of fused-ring (bicyclic) bond motifs is 1. The number of nitrogens with zero attached hydrogens (tertiary/aromatic N) is 2. The van der Waals surface area contributed by atoms with Crippen LogP contribution in [0.5, 0.6) is 0 Å². The fourth-order valence-electron chi connectivity index (χ4n) is 2.79. The molecule has 4 rings (SSSR count). The summed E-state index contributed by atoms with van der Waals surface area (Å²) in [5, 5.41) is 9.77. The molecule has 2 amide bonds. The molecule has 2 aromatic heterocycles. The summed E-state index contributed by atoms with van der Waals surface area (Å²) in [5.41, 5.74) is 3.50. The van der Waals surface area contributed by atoms with Gasteiger partial charge in [0.15, 0.2) is 11.5 Å². The highest BCUT2D eigenvalue weighted by atomic mass is 35.5. The highest BCUT2D eigenvalue weighted by Gasteiger charge is 2.23. The van der Waals surface area contributed by atoms with E-state index in [4.69, 9.17) is 16.1 Å². The van der Waals surface area contributed by atoms with Gasteiger partial charge in [0, 0.05) is 17.8 Å². The third kappa shape index (κ3) is 2.93. The molecule has 0 spiro atoms. The number of nitrogens with one attached hydrogen (secondary N) is 2. The molecule has 1 aliphatic rings. The van der Waals surface area contributed by atoms with Crippen LogP contribution in [0.25, 0.3) is 11.3 Å². The number of halogens is 1. The third-order valence-electron chi connectivity index (χ3n) is 4.08. The van der Waals surface area contributed by atoms with Crippen LogP contribution in [0.1, 0.15) is 21.7 Å². The summed E-state index contributed by atoms with van der Waals surface area (Å²) in [6, 6.07) is 8.65. The van der Waals surface area contributed by atoms with Crippen molar-refractivity contribution < 1.29 is 14.1 Å². The van der Waals surface area contributed by atoms with Crippen molar-refractivity contribution in [2.75, 3.05) is 10.6 Å². The Bertz CT molecular complexity index is 1040. The van der Waals surface area contributed by atoms with Crippen LogP contribution in [0.2, 0.25) is 5.02 Å². The Kier molecular flexibility index (Phi) is 3.93. The summed E-state index contributed by atoms with van der Waals surface area (Å²) in [7, 11) is 0. The number of hydrogen-bond acceptors (Lipinski definition) is 5. The van der Waals surface area contributed by atoms with E-state index >= 15 is 0 Å². The van der Waals surface area contributed by atoms with Crippen LogP contribution in [0, 0.1) is 6.92 Å². The van der Waals surface area contributed by atoms with Gasteiger partial charge in [0.1, 0.15) is 0 Å². The lowest BCUT2D eigenvalue weighted by Gasteiger charge is -2.06. The minimum atomic E-state index is -0.441. The van der Waals surface area contributed by atoms with Crippen LogP contribution in [0.4, 0.5) is 11.4 Å². The highest BCUT2D eigenvalue weighted by molar-refractivity contribution is 6.30. The van der Waals surface area contributed by atoms with E-state index in [0.717, 1.165) is 5.56 Å². The maximum Gasteiger partial charge on any atom is 0.277 e. The first-order chi connectivity index (χ1) is 12.5. The van der Waals surface area contributed by atoms with Crippen LogP contribution < -0.4 is 10.6 Å². The minimum absolute atomic E-state index is 0.0751. The zero-order chi connectivity index (χ0) is 18.3. The van der Waals surface area contributed by atoms with Gasteiger partial charge in [0.2, 0.25) is 5.91 Å². The van der Waals surface area contributed by atoms with Crippen LogP contribution in [-0.4, -0.2) is 22.0 Å². The summed E-state index contributed by atoms with van der Waals surface area (Å²) >= 11 is 5.91. The monoisotopic (exact) mass is 368 g/mol. The first-order valence-electron chi connectivity index (χ1n) is 7.83. The van der Waals surface area contributed by atoms with Crippen molar-refractivity contribution in [2.24, 2.45) is 0 Å². The lowest BCUT2D eigenvalue weighted by molar-refractivity contribution is -0.115. The van der Waals surface area contributed by atoms with E-state index in [1.807, 2.05) is 12.1 Å². The maximum atomic E-state index is 12.4. The number of benzene rings is 1. The van der Waals surface area contributed by atoms with Crippen molar-refractivity contribution in [3.8, 4) is 11.3 Å². The predicted molar refractivity (Wildman–Crippen MR) is 96.2 cm³/mol. The van der Waals surface area contributed by atoms with Crippen LogP contribution in [-0.2, 0) is 11.2 Å². The molecule has 130 valence electrons. The van der Waals surface area contributed by atoms with E-state index in [9.17, 15) is 9.59 Å². The van der Waals surface area contributed by atoms with Gasteiger partial charge in [-0.05, 0) is 24.6 Å². The molecule has 1 aliphatic heterocycles. The molecular weight excluding hydrogens is 356 g/mol. The van der Waals surface area contributed by atoms with Gasteiger partial charge >= 0.3 is 0 Å². The first-order valence-corrected chi connectivity index (χ1v) is 8.21. The zero-order valence-corrected chi connectivity index (χ0v) is 14.4. The van der Waals surface area contributed by atoms with Gasteiger partial charge < -0.3 is 15.2 Å². The average Bonchev–Trinajstić information content (AvgIpc) is 3.23. The highest BCUT2D eigenvalue weighted by Crippen LogP contribution is 2.35. The molecule has 3 heterocycles. The molecule has 1 aromatic carbocycles. The molecule has 0 saturated carbocycles. The summed E-state index contributed by atoms with van der Waals surface area (Å²) in [5.74, 6) is -0.118. The topological polar surface area (TPSA) is 97.1 Å². The molecule has 3 aromatic rings. The average molecular weight is 369 g/mol. The molecular formula is C18H13ClN4O3. The van der Waals surface area contributed by atoms with Crippen LogP contribution in [0.15, 0.2) is 41.1 Å². The summed E-state index contributed by atoms with van der Waals surface area (Å²) < 4.78 is 5.32. The van der Waals surface area contributed by atoms with Crippen molar-refractivity contribution in [3.63, 3.8) is 0 Å². The number of amides is 2. The molecule has 8 heteroatoms. The van der Waals surface area contributed by atoms with E-state index in [2.05, 4.69) is 20.8 Å². The van der Waals surface area contributed by atoms with Gasteiger partial charge in [0.25, 0.3) is 5.91 Å². The molecule has 26 heavy (non-hydrogen) atoms. The summed E-state index contributed by atoms with van der Waals surface area (Å²) in [6.07, 6.45) is 1.83. The van der Waals surface area contributed by atoms with E-state index in [-0.39, 0.29) is 11.6 Å². The van der Waals surface area contributed by atoms with Gasteiger partial charge in [0.05, 0.1) is 28.5 Å². The van der Waals surface area contributed by atoms with E-state index in [1.165, 1.54) is 12.3 Å². The Hall–Kier alpha value is -3.19. The van der Waals surface area contributed by atoms with Crippen molar-refractivity contribution in [2.45, 2.75) is 13.3 Å².